The molecular weight excluding hydrogens is 579 g/mol. The Bertz CT molecular complexity index is 1950. The summed E-state index contributed by atoms with van der Waals surface area (Å²) in [4.78, 5) is 2.57. The second-order valence-electron chi connectivity index (χ2n) is 13.5. The smallest absolute Gasteiger partial charge is 0.339 e. The number of hydrogen-bond donors (Lipinski definition) is 1. The topological polar surface area (TPSA) is 81.0 Å². The second-order valence-corrected chi connectivity index (χ2v) is 15.0. The summed E-state index contributed by atoms with van der Waals surface area (Å²) in [7, 11) is -4.15. The van der Waals surface area contributed by atoms with Gasteiger partial charge in [-0.05, 0) is 80.5 Å². The van der Waals surface area contributed by atoms with Gasteiger partial charge in [-0.3, -0.25) is 4.90 Å². The molecule has 3 aliphatic carbocycles. The van der Waals surface area contributed by atoms with Crippen molar-refractivity contribution in [3.63, 3.8) is 0 Å². The SMILES string of the molecule is Cc1ccc(S(=O)(=O)Oc2ccc3c4c2O[C@H]2c5c(c6ccccc6n5CCF)C[C@@]5(O)[C@H](C3)N(CC3CC3)CC[C@]425)cc1. The molecule has 0 radical (unpaired) electrons. The molecule has 3 heterocycles. The summed E-state index contributed by atoms with van der Waals surface area (Å²) in [5, 5.41) is 14.2. The summed E-state index contributed by atoms with van der Waals surface area (Å²) in [5.74, 6) is 1.19. The third-order valence-electron chi connectivity index (χ3n) is 11.1. The van der Waals surface area contributed by atoms with Crippen LogP contribution in [-0.2, 0) is 34.9 Å². The van der Waals surface area contributed by atoms with Gasteiger partial charge in [-0.2, -0.15) is 8.42 Å². The van der Waals surface area contributed by atoms with Crippen LogP contribution in [0.1, 0.15) is 53.3 Å². The maximum atomic E-state index is 14.1. The van der Waals surface area contributed by atoms with Gasteiger partial charge in [0.05, 0.1) is 23.3 Å². The number of nitrogens with zero attached hydrogens (tertiary/aromatic N) is 2. The number of fused-ring (bicyclic) bond motifs is 4. The lowest BCUT2D eigenvalue weighted by molar-refractivity contribution is -0.173. The fourth-order valence-corrected chi connectivity index (χ4v) is 9.99. The molecule has 9 heteroatoms. The van der Waals surface area contributed by atoms with Gasteiger partial charge in [0, 0.05) is 35.5 Å². The highest BCUT2D eigenvalue weighted by molar-refractivity contribution is 7.87. The lowest BCUT2D eigenvalue weighted by Gasteiger charge is -2.63. The molecule has 9 rings (SSSR count). The Kier molecular flexibility index (Phi) is 5.56. The highest BCUT2D eigenvalue weighted by Gasteiger charge is 2.73. The number of rotatable bonds is 7. The minimum atomic E-state index is -4.15. The molecule has 7 nitrogen and oxygen atoms in total. The summed E-state index contributed by atoms with van der Waals surface area (Å²) in [6.45, 7) is 3.33. The summed E-state index contributed by atoms with van der Waals surface area (Å²) in [6.07, 6.45) is 3.59. The molecule has 1 N–H and O–H groups in total. The van der Waals surface area contributed by atoms with E-state index >= 15 is 0 Å². The first-order valence-electron chi connectivity index (χ1n) is 15.7. The molecule has 44 heavy (non-hydrogen) atoms. The number of aliphatic hydroxyl groups is 1. The van der Waals surface area contributed by atoms with E-state index in [0.29, 0.717) is 30.9 Å². The minimum absolute atomic E-state index is 0.0666. The van der Waals surface area contributed by atoms with Crippen LogP contribution in [0.3, 0.4) is 0 Å². The number of likely N-dealkylation sites (tertiary alicyclic amines) is 1. The fraction of sp³-hybridized carbons (Fsp3) is 0.429. The van der Waals surface area contributed by atoms with Gasteiger partial charge in [-0.25, -0.2) is 4.39 Å². The number of para-hydroxylation sites is 1. The molecule has 0 unspecified atom stereocenters. The molecule has 0 amide bonds. The van der Waals surface area contributed by atoms with E-state index in [4.69, 9.17) is 8.92 Å². The monoisotopic (exact) mass is 614 g/mol. The molecule has 1 saturated carbocycles. The molecule has 1 aromatic heterocycles. The zero-order valence-corrected chi connectivity index (χ0v) is 25.4. The number of aryl methyl sites for hydroxylation is 2. The highest BCUT2D eigenvalue weighted by Crippen LogP contribution is 2.69. The molecular formula is C35H35FN2O5S. The van der Waals surface area contributed by atoms with Crippen molar-refractivity contribution in [2.24, 2.45) is 5.92 Å². The van der Waals surface area contributed by atoms with E-state index in [1.165, 1.54) is 12.8 Å². The van der Waals surface area contributed by atoms with Crippen molar-refractivity contribution in [2.75, 3.05) is 19.8 Å². The molecule has 228 valence electrons. The maximum absolute atomic E-state index is 14.1. The Balaban J connectivity index is 1.26. The van der Waals surface area contributed by atoms with E-state index in [0.717, 1.165) is 51.9 Å². The van der Waals surface area contributed by atoms with Gasteiger partial charge < -0.3 is 18.6 Å². The predicted molar refractivity (Wildman–Crippen MR) is 163 cm³/mol. The number of alkyl halides is 1. The van der Waals surface area contributed by atoms with Crippen LogP contribution in [0.15, 0.2) is 65.6 Å². The molecule has 5 aliphatic rings. The van der Waals surface area contributed by atoms with Crippen molar-refractivity contribution < 1.29 is 26.8 Å². The first-order valence-corrected chi connectivity index (χ1v) is 17.1. The van der Waals surface area contributed by atoms with Gasteiger partial charge in [0.1, 0.15) is 11.6 Å². The summed E-state index contributed by atoms with van der Waals surface area (Å²) in [6, 6.07) is 18.1. The van der Waals surface area contributed by atoms with Crippen molar-refractivity contribution in [2.45, 2.75) is 73.6 Å². The molecule has 1 saturated heterocycles. The van der Waals surface area contributed by atoms with Crippen molar-refractivity contribution in [1.82, 2.24) is 9.47 Å². The van der Waals surface area contributed by atoms with Gasteiger partial charge in [-0.1, -0.05) is 42.0 Å². The van der Waals surface area contributed by atoms with Crippen LogP contribution >= 0.6 is 0 Å². The number of benzene rings is 3. The van der Waals surface area contributed by atoms with Crippen molar-refractivity contribution in [1.29, 1.82) is 0 Å². The molecule has 2 aliphatic heterocycles. The number of aromatic nitrogens is 1. The molecule has 2 bridgehead atoms. The summed E-state index contributed by atoms with van der Waals surface area (Å²) >= 11 is 0. The Morgan fingerprint density at radius 1 is 1.09 bits per heavy atom. The molecule has 3 aromatic carbocycles. The zero-order chi connectivity index (χ0) is 30.0. The van der Waals surface area contributed by atoms with Crippen LogP contribution in [0.25, 0.3) is 10.9 Å². The summed E-state index contributed by atoms with van der Waals surface area (Å²) < 4.78 is 56.0. The lowest BCUT2D eigenvalue weighted by Crippen LogP contribution is -2.74. The van der Waals surface area contributed by atoms with Gasteiger partial charge >= 0.3 is 10.1 Å². The third kappa shape index (κ3) is 3.46. The first kappa shape index (κ1) is 27.0. The van der Waals surface area contributed by atoms with Crippen LogP contribution in [-0.4, -0.2) is 54.4 Å². The molecule has 4 atom stereocenters. The molecule has 2 fully saturated rings. The standard InChI is InChI=1S/C35H35FN2O5S/c1-21-6-11-24(12-7-21)44(40,41)43-28-13-10-23-18-29-35(39)19-26-25-4-2-3-5-27(25)38(17-15-36)31(26)33-34(35,30(23)32(28)42-33)14-16-37(29)20-22-8-9-22/h2-7,10-13,22,29,33,39H,8-9,14-20H2,1H3/t29-,33-,34-,35+/m0/s1. The van der Waals surface area contributed by atoms with Crippen molar-refractivity contribution in [3.8, 4) is 11.5 Å². The normalized spacial score (nSPS) is 28.4. The van der Waals surface area contributed by atoms with E-state index in [2.05, 4.69) is 11.0 Å². The summed E-state index contributed by atoms with van der Waals surface area (Å²) in [5.41, 5.74) is 3.72. The Hall–Kier alpha value is -3.40. The Labute approximate surface area is 256 Å². The van der Waals surface area contributed by atoms with E-state index in [1.807, 2.05) is 35.8 Å². The number of piperidine rings is 1. The van der Waals surface area contributed by atoms with Crippen LogP contribution in [0.2, 0.25) is 0 Å². The average Bonchev–Trinajstić information content (AvgIpc) is 3.68. The van der Waals surface area contributed by atoms with Crippen LogP contribution in [0, 0.1) is 12.8 Å². The second kappa shape index (κ2) is 9.08. The maximum Gasteiger partial charge on any atom is 0.339 e. The number of halogens is 1. The molecule has 1 spiro atoms. The Morgan fingerprint density at radius 2 is 1.89 bits per heavy atom. The number of hydrogen-bond acceptors (Lipinski definition) is 6. The highest BCUT2D eigenvalue weighted by atomic mass is 32.2. The van der Waals surface area contributed by atoms with Crippen LogP contribution in [0.4, 0.5) is 4.39 Å². The van der Waals surface area contributed by atoms with Gasteiger partial charge in [-0.15, -0.1) is 0 Å². The van der Waals surface area contributed by atoms with E-state index in [1.54, 1.807) is 30.3 Å². The van der Waals surface area contributed by atoms with Gasteiger partial charge in [0.25, 0.3) is 0 Å². The van der Waals surface area contributed by atoms with Crippen LogP contribution < -0.4 is 8.92 Å². The largest absolute Gasteiger partial charge is 0.479 e. The third-order valence-corrected chi connectivity index (χ3v) is 12.4. The lowest BCUT2D eigenvalue weighted by atomic mass is 9.49. The van der Waals surface area contributed by atoms with Gasteiger partial charge in [0.2, 0.25) is 0 Å². The van der Waals surface area contributed by atoms with E-state index in [9.17, 15) is 17.9 Å². The van der Waals surface area contributed by atoms with Gasteiger partial charge in [0.15, 0.2) is 17.6 Å². The Morgan fingerprint density at radius 3 is 2.66 bits per heavy atom. The quantitative estimate of drug-likeness (QED) is 0.282. The predicted octanol–water partition coefficient (Wildman–Crippen LogP) is 5.39. The fourth-order valence-electron chi connectivity index (χ4n) is 9.06. The first-order chi connectivity index (χ1) is 21.2. The van der Waals surface area contributed by atoms with E-state index in [-0.39, 0.29) is 23.2 Å². The van der Waals surface area contributed by atoms with Crippen LogP contribution in [0.5, 0.6) is 11.5 Å². The van der Waals surface area contributed by atoms with Crippen molar-refractivity contribution in [3.05, 3.63) is 88.6 Å². The minimum Gasteiger partial charge on any atom is -0.479 e. The average molecular weight is 615 g/mol. The zero-order valence-electron chi connectivity index (χ0n) is 24.6. The molecule has 4 aromatic rings. The number of ether oxygens (including phenoxy) is 1. The van der Waals surface area contributed by atoms with E-state index < -0.39 is 33.9 Å². The van der Waals surface area contributed by atoms with Crippen molar-refractivity contribution >= 4 is 21.0 Å².